The second-order valence-electron chi connectivity index (χ2n) is 6.82. The lowest BCUT2D eigenvalue weighted by Gasteiger charge is -2.36. The molecule has 1 aromatic heterocycles. The molecular weight excluding hydrogens is 395 g/mol. The number of aromatic nitrogens is 2. The van der Waals surface area contributed by atoms with Gasteiger partial charge in [0.1, 0.15) is 5.69 Å². The van der Waals surface area contributed by atoms with E-state index in [-0.39, 0.29) is 5.91 Å². The Balaban J connectivity index is 1.52. The summed E-state index contributed by atoms with van der Waals surface area (Å²) in [6, 6.07) is 17.0. The molecule has 1 saturated heterocycles. The number of nitrogens with zero attached hydrogens (tertiary/aromatic N) is 4. The van der Waals surface area contributed by atoms with Gasteiger partial charge in [-0.3, -0.25) is 4.79 Å². The molecule has 0 bridgehead atoms. The Morgan fingerprint density at radius 2 is 1.50 bits per heavy atom. The number of hydrogen-bond donors (Lipinski definition) is 0. The minimum atomic E-state index is -0.0219. The third kappa shape index (κ3) is 3.86. The molecule has 0 saturated carbocycles. The van der Waals surface area contributed by atoms with E-state index in [1.54, 1.807) is 10.7 Å². The lowest BCUT2D eigenvalue weighted by molar-refractivity contribution is 0.0737. The first-order valence-electron chi connectivity index (χ1n) is 9.14. The zero-order chi connectivity index (χ0) is 19.7. The summed E-state index contributed by atoms with van der Waals surface area (Å²) in [7, 11) is 0. The Hall–Kier alpha value is -2.50. The van der Waals surface area contributed by atoms with Gasteiger partial charge in [0, 0.05) is 41.9 Å². The van der Waals surface area contributed by atoms with Gasteiger partial charge in [0.15, 0.2) is 0 Å². The molecule has 144 valence electrons. The maximum atomic E-state index is 13.2. The molecule has 7 heteroatoms. The molecule has 3 aromatic rings. The molecule has 2 heterocycles. The van der Waals surface area contributed by atoms with Crippen LogP contribution in [0.4, 0.5) is 5.69 Å². The van der Waals surface area contributed by atoms with Crippen LogP contribution in [0.3, 0.4) is 0 Å². The van der Waals surface area contributed by atoms with E-state index in [4.69, 9.17) is 23.2 Å². The van der Waals surface area contributed by atoms with Gasteiger partial charge >= 0.3 is 0 Å². The Bertz CT molecular complexity index is 1010. The number of aryl methyl sites for hydroxylation is 1. The van der Waals surface area contributed by atoms with E-state index < -0.39 is 0 Å². The van der Waals surface area contributed by atoms with Crippen molar-refractivity contribution in [1.82, 2.24) is 14.7 Å². The third-order valence-electron chi connectivity index (χ3n) is 4.84. The summed E-state index contributed by atoms with van der Waals surface area (Å²) in [6.45, 7) is 4.69. The highest BCUT2D eigenvalue weighted by Gasteiger charge is 2.25. The number of hydrogen-bond acceptors (Lipinski definition) is 3. The highest BCUT2D eigenvalue weighted by atomic mass is 35.5. The SMILES string of the molecule is Cc1cc(C(=O)N2CCN(c3cccc(Cl)c3)CC2)n(-c2cccc(Cl)c2)n1. The van der Waals surface area contributed by atoms with Crippen LogP contribution in [0.5, 0.6) is 0 Å². The molecular formula is C21H20Cl2N4O. The maximum Gasteiger partial charge on any atom is 0.272 e. The first-order chi connectivity index (χ1) is 13.5. The van der Waals surface area contributed by atoms with Gasteiger partial charge in [0.2, 0.25) is 0 Å². The Morgan fingerprint density at radius 3 is 2.14 bits per heavy atom. The molecule has 28 heavy (non-hydrogen) atoms. The van der Waals surface area contributed by atoms with Gasteiger partial charge in [0.25, 0.3) is 5.91 Å². The van der Waals surface area contributed by atoms with E-state index in [1.165, 1.54) is 0 Å². The molecule has 0 spiro atoms. The minimum absolute atomic E-state index is 0.0219. The van der Waals surface area contributed by atoms with Crippen LogP contribution >= 0.6 is 23.2 Å². The molecule has 0 unspecified atom stereocenters. The van der Waals surface area contributed by atoms with Crippen molar-refractivity contribution >= 4 is 34.8 Å². The van der Waals surface area contributed by atoms with E-state index in [0.29, 0.717) is 23.8 Å². The van der Waals surface area contributed by atoms with Crippen LogP contribution in [0, 0.1) is 6.92 Å². The minimum Gasteiger partial charge on any atom is -0.368 e. The Kier molecular flexibility index (Phi) is 5.29. The fourth-order valence-electron chi connectivity index (χ4n) is 3.46. The second kappa shape index (κ2) is 7.86. The van der Waals surface area contributed by atoms with Gasteiger partial charge in [-0.2, -0.15) is 5.10 Å². The average Bonchev–Trinajstić information content (AvgIpc) is 3.09. The standard InChI is InChI=1S/C21H20Cl2N4O/c1-15-12-20(27(24-15)19-7-3-5-17(23)14-19)21(28)26-10-8-25(9-11-26)18-6-2-4-16(22)13-18/h2-7,12-14H,8-11H2,1H3. The number of halogens is 2. The van der Waals surface area contributed by atoms with Crippen molar-refractivity contribution in [2.24, 2.45) is 0 Å². The average molecular weight is 415 g/mol. The van der Waals surface area contributed by atoms with Crippen LogP contribution < -0.4 is 4.90 Å². The molecule has 0 radical (unpaired) electrons. The summed E-state index contributed by atoms with van der Waals surface area (Å²) >= 11 is 12.2. The maximum absolute atomic E-state index is 13.2. The summed E-state index contributed by atoms with van der Waals surface area (Å²) in [5.41, 5.74) is 3.21. The number of rotatable bonds is 3. The highest BCUT2D eigenvalue weighted by Crippen LogP contribution is 2.22. The zero-order valence-corrected chi connectivity index (χ0v) is 17.0. The van der Waals surface area contributed by atoms with Crippen molar-refractivity contribution in [1.29, 1.82) is 0 Å². The van der Waals surface area contributed by atoms with E-state index in [2.05, 4.69) is 10.00 Å². The van der Waals surface area contributed by atoms with Gasteiger partial charge in [0.05, 0.1) is 11.4 Å². The van der Waals surface area contributed by atoms with Crippen LogP contribution in [-0.4, -0.2) is 46.8 Å². The first kappa shape index (κ1) is 18.8. The van der Waals surface area contributed by atoms with Gasteiger partial charge in [-0.15, -0.1) is 0 Å². The lowest BCUT2D eigenvalue weighted by atomic mass is 10.2. The first-order valence-corrected chi connectivity index (χ1v) is 9.89. The predicted octanol–water partition coefficient (Wildman–Crippen LogP) is 4.45. The molecule has 0 aliphatic carbocycles. The summed E-state index contributed by atoms with van der Waals surface area (Å²) in [5, 5.41) is 5.83. The normalized spacial score (nSPS) is 14.4. The number of carbonyl (C=O) groups excluding carboxylic acids is 1. The smallest absolute Gasteiger partial charge is 0.272 e. The van der Waals surface area contributed by atoms with Gasteiger partial charge in [-0.1, -0.05) is 35.3 Å². The number of piperazine rings is 1. The Morgan fingerprint density at radius 1 is 0.893 bits per heavy atom. The zero-order valence-electron chi connectivity index (χ0n) is 15.5. The summed E-state index contributed by atoms with van der Waals surface area (Å²) in [4.78, 5) is 17.3. The largest absolute Gasteiger partial charge is 0.368 e. The molecule has 1 amide bonds. The summed E-state index contributed by atoms with van der Waals surface area (Å²) in [5.74, 6) is -0.0219. The van der Waals surface area contributed by atoms with E-state index in [0.717, 1.165) is 35.2 Å². The van der Waals surface area contributed by atoms with E-state index in [9.17, 15) is 4.79 Å². The molecule has 5 nitrogen and oxygen atoms in total. The molecule has 1 aliphatic heterocycles. The van der Waals surface area contributed by atoms with E-state index >= 15 is 0 Å². The molecule has 2 aromatic carbocycles. The van der Waals surface area contributed by atoms with Crippen molar-refractivity contribution in [2.45, 2.75) is 6.92 Å². The highest BCUT2D eigenvalue weighted by molar-refractivity contribution is 6.31. The van der Waals surface area contributed by atoms with Crippen molar-refractivity contribution in [3.8, 4) is 5.69 Å². The molecule has 0 atom stereocenters. The van der Waals surface area contributed by atoms with Crippen molar-refractivity contribution in [2.75, 3.05) is 31.1 Å². The van der Waals surface area contributed by atoms with Gasteiger partial charge in [-0.05, 0) is 49.4 Å². The number of amides is 1. The van der Waals surface area contributed by atoms with Crippen LogP contribution in [0.15, 0.2) is 54.6 Å². The van der Waals surface area contributed by atoms with Crippen LogP contribution in [0.2, 0.25) is 10.0 Å². The van der Waals surface area contributed by atoms with Gasteiger partial charge in [-0.25, -0.2) is 4.68 Å². The van der Waals surface area contributed by atoms with Crippen molar-refractivity contribution < 1.29 is 4.79 Å². The fraction of sp³-hybridized carbons (Fsp3) is 0.238. The number of anilines is 1. The summed E-state index contributed by atoms with van der Waals surface area (Å²) in [6.07, 6.45) is 0. The van der Waals surface area contributed by atoms with Crippen molar-refractivity contribution in [3.63, 3.8) is 0 Å². The summed E-state index contributed by atoms with van der Waals surface area (Å²) < 4.78 is 1.67. The quantitative estimate of drug-likeness (QED) is 0.635. The fourth-order valence-corrected chi connectivity index (χ4v) is 3.83. The van der Waals surface area contributed by atoms with Crippen molar-refractivity contribution in [3.05, 3.63) is 76.0 Å². The topological polar surface area (TPSA) is 41.4 Å². The molecule has 0 N–H and O–H groups in total. The molecule has 1 fully saturated rings. The molecule has 4 rings (SSSR count). The van der Waals surface area contributed by atoms with Crippen LogP contribution in [0.25, 0.3) is 5.69 Å². The third-order valence-corrected chi connectivity index (χ3v) is 5.31. The van der Waals surface area contributed by atoms with E-state index in [1.807, 2.05) is 60.4 Å². The second-order valence-corrected chi connectivity index (χ2v) is 7.69. The van der Waals surface area contributed by atoms with Crippen LogP contribution in [-0.2, 0) is 0 Å². The Labute approximate surface area is 174 Å². The monoisotopic (exact) mass is 414 g/mol. The molecule has 1 aliphatic rings. The number of benzene rings is 2. The predicted molar refractivity (Wildman–Crippen MR) is 113 cm³/mol. The van der Waals surface area contributed by atoms with Crippen LogP contribution in [0.1, 0.15) is 16.2 Å². The lowest BCUT2D eigenvalue weighted by Crippen LogP contribution is -2.49. The van der Waals surface area contributed by atoms with Gasteiger partial charge < -0.3 is 9.80 Å². The number of carbonyl (C=O) groups is 1.